The van der Waals surface area contributed by atoms with Gasteiger partial charge in [0.15, 0.2) is 0 Å². The van der Waals surface area contributed by atoms with Crippen molar-refractivity contribution in [3.63, 3.8) is 0 Å². The third-order valence-electron chi connectivity index (χ3n) is 4.46. The quantitative estimate of drug-likeness (QED) is 0.920. The first kappa shape index (κ1) is 17.1. The smallest absolute Gasteiger partial charge is 0.309 e. The van der Waals surface area contributed by atoms with Gasteiger partial charge in [-0.25, -0.2) is 0 Å². The zero-order chi connectivity index (χ0) is 18.2. The van der Waals surface area contributed by atoms with Crippen molar-refractivity contribution in [1.82, 2.24) is 19.7 Å². The van der Waals surface area contributed by atoms with Crippen LogP contribution in [0.5, 0.6) is 0 Å². The van der Waals surface area contributed by atoms with E-state index in [1.807, 2.05) is 33.0 Å². The van der Waals surface area contributed by atoms with Gasteiger partial charge in [0.1, 0.15) is 0 Å². The van der Waals surface area contributed by atoms with Gasteiger partial charge in [-0.15, -0.1) is 0 Å². The molecule has 2 aromatic rings. The van der Waals surface area contributed by atoms with Crippen LogP contribution in [-0.2, 0) is 21.7 Å². The molecule has 7 heteroatoms. The van der Waals surface area contributed by atoms with Gasteiger partial charge in [0.05, 0.1) is 23.7 Å². The van der Waals surface area contributed by atoms with Crippen LogP contribution in [0.1, 0.15) is 44.4 Å². The number of carboxylic acids is 1. The van der Waals surface area contributed by atoms with Gasteiger partial charge in [0.25, 0.3) is 0 Å². The Kier molecular flexibility index (Phi) is 4.32. The topological polar surface area (TPSA) is 88.3 Å². The molecular weight excluding hydrogens is 320 g/mol. The minimum Gasteiger partial charge on any atom is -0.481 e. The summed E-state index contributed by atoms with van der Waals surface area (Å²) >= 11 is 0. The van der Waals surface area contributed by atoms with E-state index < -0.39 is 17.9 Å². The molecule has 3 heterocycles. The molecule has 1 amide bonds. The van der Waals surface area contributed by atoms with Crippen LogP contribution in [0.25, 0.3) is 0 Å². The van der Waals surface area contributed by atoms with Gasteiger partial charge < -0.3 is 10.0 Å². The predicted octanol–water partition coefficient (Wildman–Crippen LogP) is 2.21. The number of carbonyl (C=O) groups excluding carboxylic acids is 1. The van der Waals surface area contributed by atoms with E-state index in [1.54, 1.807) is 34.2 Å². The van der Waals surface area contributed by atoms with Crippen LogP contribution in [0.2, 0.25) is 0 Å². The largest absolute Gasteiger partial charge is 0.481 e. The Balaban J connectivity index is 1.96. The molecule has 2 atom stereocenters. The summed E-state index contributed by atoms with van der Waals surface area (Å²) in [5.74, 6) is -1.90. The van der Waals surface area contributed by atoms with Crippen LogP contribution < -0.4 is 0 Å². The maximum atomic E-state index is 12.5. The van der Waals surface area contributed by atoms with Gasteiger partial charge in [-0.05, 0) is 32.4 Å². The zero-order valence-electron chi connectivity index (χ0n) is 14.6. The minimum atomic E-state index is -0.962. The fraction of sp³-hybridized carbons (Fsp3) is 0.444. The van der Waals surface area contributed by atoms with Crippen molar-refractivity contribution in [2.75, 3.05) is 0 Å². The molecule has 0 unspecified atom stereocenters. The number of aromatic nitrogens is 3. The van der Waals surface area contributed by atoms with Crippen LogP contribution in [0, 0.1) is 5.92 Å². The molecule has 132 valence electrons. The van der Waals surface area contributed by atoms with E-state index in [-0.39, 0.29) is 17.9 Å². The molecule has 0 bridgehead atoms. The average Bonchev–Trinajstić information content (AvgIpc) is 3.14. The van der Waals surface area contributed by atoms with E-state index >= 15 is 0 Å². The number of hydrogen-bond acceptors (Lipinski definition) is 4. The van der Waals surface area contributed by atoms with Crippen molar-refractivity contribution in [3.05, 3.63) is 48.0 Å². The van der Waals surface area contributed by atoms with Gasteiger partial charge in [-0.1, -0.05) is 6.07 Å². The van der Waals surface area contributed by atoms with Crippen molar-refractivity contribution < 1.29 is 14.7 Å². The van der Waals surface area contributed by atoms with Crippen molar-refractivity contribution >= 4 is 11.9 Å². The molecule has 25 heavy (non-hydrogen) atoms. The molecule has 1 aliphatic rings. The van der Waals surface area contributed by atoms with Crippen molar-refractivity contribution in [1.29, 1.82) is 0 Å². The maximum Gasteiger partial charge on any atom is 0.309 e. The molecular formula is C18H22N4O3. The summed E-state index contributed by atoms with van der Waals surface area (Å²) in [5.41, 5.74) is 1.40. The van der Waals surface area contributed by atoms with Gasteiger partial charge in [-0.3, -0.25) is 19.3 Å². The highest BCUT2D eigenvalue weighted by Gasteiger charge is 2.45. The summed E-state index contributed by atoms with van der Waals surface area (Å²) in [5, 5.41) is 14.0. The van der Waals surface area contributed by atoms with Crippen molar-refractivity contribution in [2.24, 2.45) is 5.92 Å². The molecule has 1 saturated heterocycles. The second-order valence-electron chi connectivity index (χ2n) is 7.37. The number of amides is 1. The number of rotatable bonds is 4. The number of carboxylic acid groups (broad SMARTS) is 1. The second-order valence-corrected chi connectivity index (χ2v) is 7.37. The summed E-state index contributed by atoms with van der Waals surface area (Å²) in [7, 11) is 0. The summed E-state index contributed by atoms with van der Waals surface area (Å²) in [4.78, 5) is 29.9. The lowest BCUT2D eigenvalue weighted by atomic mass is 9.95. The highest BCUT2D eigenvalue weighted by atomic mass is 16.4. The molecule has 2 aromatic heterocycles. The zero-order valence-corrected chi connectivity index (χ0v) is 14.6. The number of nitrogens with zero attached hydrogens (tertiary/aromatic N) is 4. The highest BCUT2D eigenvalue weighted by Crippen LogP contribution is 2.39. The molecule has 1 aliphatic heterocycles. The van der Waals surface area contributed by atoms with E-state index in [0.29, 0.717) is 6.54 Å². The predicted molar refractivity (Wildman–Crippen MR) is 90.5 cm³/mol. The Labute approximate surface area is 146 Å². The Morgan fingerprint density at radius 3 is 2.68 bits per heavy atom. The van der Waals surface area contributed by atoms with E-state index in [2.05, 4.69) is 10.1 Å². The standard InChI is InChI=1S/C18H22N4O3/c1-18(2,3)22-11-13(9-20-22)16-14(17(24)25)7-15(23)21(16)10-12-5-4-6-19-8-12/h4-6,8-9,11,14,16H,7,10H2,1-3H3,(H,24,25)/t14-,16+/m0/s1. The number of pyridine rings is 1. The molecule has 0 aromatic carbocycles. The fourth-order valence-electron chi connectivity index (χ4n) is 3.16. The molecule has 0 spiro atoms. The Bertz CT molecular complexity index is 779. The number of aliphatic carboxylic acids is 1. The van der Waals surface area contributed by atoms with Crippen LogP contribution >= 0.6 is 0 Å². The van der Waals surface area contributed by atoms with Crippen LogP contribution in [-0.4, -0.2) is 36.6 Å². The third-order valence-corrected chi connectivity index (χ3v) is 4.46. The molecule has 3 rings (SSSR count). The van der Waals surface area contributed by atoms with E-state index in [0.717, 1.165) is 11.1 Å². The van der Waals surface area contributed by atoms with E-state index in [9.17, 15) is 14.7 Å². The fourth-order valence-corrected chi connectivity index (χ4v) is 3.16. The first-order valence-corrected chi connectivity index (χ1v) is 8.23. The normalized spacial score (nSPS) is 20.9. The Morgan fingerprint density at radius 1 is 1.36 bits per heavy atom. The number of carbonyl (C=O) groups is 2. The highest BCUT2D eigenvalue weighted by molar-refractivity contribution is 5.87. The minimum absolute atomic E-state index is 0.000952. The Morgan fingerprint density at radius 2 is 2.12 bits per heavy atom. The van der Waals surface area contributed by atoms with Crippen molar-refractivity contribution in [2.45, 2.75) is 45.3 Å². The maximum absolute atomic E-state index is 12.5. The van der Waals surface area contributed by atoms with Crippen LogP contribution in [0.3, 0.4) is 0 Å². The van der Waals surface area contributed by atoms with Gasteiger partial charge in [0, 0.05) is 37.1 Å². The van der Waals surface area contributed by atoms with Gasteiger partial charge in [-0.2, -0.15) is 5.10 Å². The first-order chi connectivity index (χ1) is 11.8. The average molecular weight is 342 g/mol. The lowest BCUT2D eigenvalue weighted by Crippen LogP contribution is -2.30. The molecule has 1 fully saturated rings. The lowest BCUT2D eigenvalue weighted by Gasteiger charge is -2.26. The number of likely N-dealkylation sites (tertiary alicyclic amines) is 1. The van der Waals surface area contributed by atoms with Crippen LogP contribution in [0.4, 0.5) is 0 Å². The second kappa shape index (κ2) is 6.31. The molecule has 7 nitrogen and oxygen atoms in total. The van der Waals surface area contributed by atoms with Crippen molar-refractivity contribution in [3.8, 4) is 0 Å². The molecule has 0 saturated carbocycles. The van der Waals surface area contributed by atoms with Crippen LogP contribution in [0.15, 0.2) is 36.9 Å². The Hall–Kier alpha value is -2.70. The number of hydrogen-bond donors (Lipinski definition) is 1. The monoisotopic (exact) mass is 342 g/mol. The SMILES string of the molecule is CC(C)(C)n1cc([C@@H]2[C@@H](C(=O)O)CC(=O)N2Cc2cccnc2)cn1. The molecule has 0 aliphatic carbocycles. The summed E-state index contributed by atoms with van der Waals surface area (Å²) < 4.78 is 1.80. The summed E-state index contributed by atoms with van der Waals surface area (Å²) in [6.07, 6.45) is 6.87. The summed E-state index contributed by atoms with van der Waals surface area (Å²) in [6, 6.07) is 3.16. The lowest BCUT2D eigenvalue weighted by molar-refractivity contribution is -0.142. The summed E-state index contributed by atoms with van der Waals surface area (Å²) in [6.45, 7) is 6.39. The van der Waals surface area contributed by atoms with E-state index in [1.165, 1.54) is 0 Å². The first-order valence-electron chi connectivity index (χ1n) is 8.23. The van der Waals surface area contributed by atoms with Gasteiger partial charge in [0.2, 0.25) is 5.91 Å². The molecule has 1 N–H and O–H groups in total. The molecule has 0 radical (unpaired) electrons. The van der Waals surface area contributed by atoms with Gasteiger partial charge >= 0.3 is 5.97 Å². The van der Waals surface area contributed by atoms with E-state index in [4.69, 9.17) is 0 Å². The third kappa shape index (κ3) is 3.40.